The second kappa shape index (κ2) is 7.56. The van der Waals surface area contributed by atoms with Gasteiger partial charge in [0.05, 0.1) is 13.2 Å². The summed E-state index contributed by atoms with van der Waals surface area (Å²) in [5.41, 5.74) is 0. The monoisotopic (exact) mass is 298 g/mol. The predicted octanol–water partition coefficient (Wildman–Crippen LogP) is 0.912. The first-order valence-electron chi connectivity index (χ1n) is 6.96. The number of aromatic nitrogens is 1. The van der Waals surface area contributed by atoms with E-state index >= 15 is 0 Å². The fourth-order valence-electron chi connectivity index (χ4n) is 2.13. The molecule has 2 rings (SSSR count). The van der Waals surface area contributed by atoms with E-state index in [-0.39, 0.29) is 11.9 Å². The Balaban J connectivity index is 1.96. The third-order valence-electron chi connectivity index (χ3n) is 3.23. The Labute approximate surface area is 123 Å². The van der Waals surface area contributed by atoms with E-state index in [1.807, 2.05) is 6.20 Å². The summed E-state index contributed by atoms with van der Waals surface area (Å²) in [6, 6.07) is -0.206. The lowest BCUT2D eigenvalue weighted by Gasteiger charge is -2.33. The third kappa shape index (κ3) is 3.91. The molecule has 1 aromatic heterocycles. The van der Waals surface area contributed by atoms with Gasteiger partial charge in [-0.15, -0.1) is 11.3 Å². The number of nitrogens with zero attached hydrogens (tertiary/aromatic N) is 2. The van der Waals surface area contributed by atoms with Crippen LogP contribution in [-0.2, 0) is 16.1 Å². The number of anilines is 1. The molecule has 1 unspecified atom stereocenters. The lowest BCUT2D eigenvalue weighted by atomic mass is 10.2. The number of hydrogen-bond donors (Lipinski definition) is 2. The highest BCUT2D eigenvalue weighted by Gasteiger charge is 2.29. The van der Waals surface area contributed by atoms with Gasteiger partial charge in [-0.25, -0.2) is 4.98 Å². The smallest absolute Gasteiger partial charge is 0.239 e. The van der Waals surface area contributed by atoms with Crippen molar-refractivity contribution in [3.63, 3.8) is 0 Å². The molecule has 0 bridgehead atoms. The number of morpholine rings is 1. The Morgan fingerprint density at radius 1 is 1.65 bits per heavy atom. The maximum absolute atomic E-state index is 11.9. The number of likely N-dealkylation sites (N-methyl/N-ethyl adjacent to an activating group) is 1. The second-order valence-electron chi connectivity index (χ2n) is 4.73. The minimum Gasteiger partial charge on any atom is -0.378 e. The van der Waals surface area contributed by atoms with E-state index in [2.05, 4.69) is 27.4 Å². The van der Waals surface area contributed by atoms with Crippen LogP contribution in [0.5, 0.6) is 0 Å². The van der Waals surface area contributed by atoms with Crippen LogP contribution in [-0.4, -0.2) is 55.2 Å². The van der Waals surface area contributed by atoms with Crippen molar-refractivity contribution in [3.05, 3.63) is 11.1 Å². The molecule has 2 heterocycles. The van der Waals surface area contributed by atoms with Crippen LogP contribution in [0.3, 0.4) is 0 Å². The molecule has 0 aromatic carbocycles. The summed E-state index contributed by atoms with van der Waals surface area (Å²) in [5, 5.41) is 6.93. The molecule has 2 N–H and O–H groups in total. The summed E-state index contributed by atoms with van der Waals surface area (Å²) in [4.78, 5) is 19.5. The minimum absolute atomic E-state index is 0.0125. The van der Waals surface area contributed by atoms with Crippen molar-refractivity contribution < 1.29 is 9.53 Å². The molecule has 0 radical (unpaired) electrons. The second-order valence-corrected chi connectivity index (χ2v) is 5.85. The first-order chi connectivity index (χ1) is 9.74. The lowest BCUT2D eigenvalue weighted by molar-refractivity contribution is -0.132. The quantitative estimate of drug-likeness (QED) is 0.817. The molecule has 0 saturated carbocycles. The molecule has 1 saturated heterocycles. The van der Waals surface area contributed by atoms with Gasteiger partial charge in [-0.05, 0) is 6.42 Å². The number of carbonyl (C=O) groups excluding carboxylic acids is 1. The summed E-state index contributed by atoms with van der Waals surface area (Å²) >= 11 is 1.65. The van der Waals surface area contributed by atoms with Crippen molar-refractivity contribution in [2.45, 2.75) is 25.9 Å². The van der Waals surface area contributed by atoms with Gasteiger partial charge in [0, 0.05) is 37.8 Å². The van der Waals surface area contributed by atoms with Crippen LogP contribution in [0.1, 0.15) is 18.2 Å². The molecule has 1 aromatic rings. The Bertz CT molecular complexity index is 438. The van der Waals surface area contributed by atoms with Crippen LogP contribution in [0.15, 0.2) is 6.20 Å². The molecule has 6 nitrogen and oxygen atoms in total. The Kier molecular flexibility index (Phi) is 5.75. The van der Waals surface area contributed by atoms with Crippen LogP contribution in [0, 0.1) is 0 Å². The van der Waals surface area contributed by atoms with E-state index in [9.17, 15) is 4.79 Å². The van der Waals surface area contributed by atoms with Crippen molar-refractivity contribution >= 4 is 22.4 Å². The zero-order valence-corrected chi connectivity index (χ0v) is 12.8. The Hall–Kier alpha value is -1.18. The molecule has 0 spiro atoms. The first kappa shape index (κ1) is 15.2. The number of amides is 1. The Morgan fingerprint density at radius 3 is 3.25 bits per heavy atom. The van der Waals surface area contributed by atoms with Gasteiger partial charge in [-0.2, -0.15) is 0 Å². The van der Waals surface area contributed by atoms with Gasteiger partial charge in [-0.3, -0.25) is 9.69 Å². The summed E-state index contributed by atoms with van der Waals surface area (Å²) in [6.07, 6.45) is 2.97. The van der Waals surface area contributed by atoms with Crippen molar-refractivity contribution in [1.29, 1.82) is 0 Å². The molecule has 20 heavy (non-hydrogen) atoms. The summed E-state index contributed by atoms with van der Waals surface area (Å²) in [7, 11) is 1.66. The van der Waals surface area contributed by atoms with Crippen LogP contribution >= 0.6 is 11.3 Å². The average Bonchev–Trinajstić information content (AvgIpc) is 2.92. The summed E-state index contributed by atoms with van der Waals surface area (Å²) in [5.74, 6) is 0.0125. The van der Waals surface area contributed by atoms with E-state index < -0.39 is 0 Å². The molecule has 1 aliphatic rings. The van der Waals surface area contributed by atoms with E-state index in [4.69, 9.17) is 4.74 Å². The van der Waals surface area contributed by atoms with Gasteiger partial charge in [0.25, 0.3) is 0 Å². The summed E-state index contributed by atoms with van der Waals surface area (Å²) in [6.45, 7) is 5.71. The number of nitrogens with one attached hydrogen (secondary N) is 2. The van der Waals surface area contributed by atoms with Gasteiger partial charge in [0.1, 0.15) is 6.04 Å². The molecule has 1 atom stereocenters. The molecular formula is C13H22N4O2S. The standard InChI is InChI=1S/C13H22N4O2S/c1-3-4-15-13-16-7-10(20-13)8-17-5-6-19-9-11(17)12(18)14-2/h7,11H,3-6,8-9H2,1-2H3,(H,14,18)(H,15,16). The SMILES string of the molecule is CCCNc1ncc(CN2CCOCC2C(=O)NC)s1. The third-order valence-corrected chi connectivity index (χ3v) is 4.17. The molecule has 1 amide bonds. The number of rotatable bonds is 6. The Morgan fingerprint density at radius 2 is 2.50 bits per heavy atom. The fourth-order valence-corrected chi connectivity index (χ4v) is 2.99. The van der Waals surface area contributed by atoms with Crippen molar-refractivity contribution in [1.82, 2.24) is 15.2 Å². The number of hydrogen-bond acceptors (Lipinski definition) is 6. The van der Waals surface area contributed by atoms with Crippen molar-refractivity contribution in [2.75, 3.05) is 38.7 Å². The van der Waals surface area contributed by atoms with Crippen LogP contribution < -0.4 is 10.6 Å². The van der Waals surface area contributed by atoms with Gasteiger partial charge < -0.3 is 15.4 Å². The van der Waals surface area contributed by atoms with Crippen LogP contribution in [0.2, 0.25) is 0 Å². The highest BCUT2D eigenvalue weighted by molar-refractivity contribution is 7.15. The van der Waals surface area contributed by atoms with Crippen LogP contribution in [0.25, 0.3) is 0 Å². The van der Waals surface area contributed by atoms with Gasteiger partial charge in [0.15, 0.2) is 5.13 Å². The molecule has 1 aliphatic heterocycles. The zero-order valence-electron chi connectivity index (χ0n) is 12.0. The van der Waals surface area contributed by atoms with E-state index in [0.717, 1.165) is 31.2 Å². The molecule has 1 fully saturated rings. The van der Waals surface area contributed by atoms with Crippen molar-refractivity contribution in [2.24, 2.45) is 0 Å². The minimum atomic E-state index is -0.206. The van der Waals surface area contributed by atoms with E-state index in [1.165, 1.54) is 4.88 Å². The largest absolute Gasteiger partial charge is 0.378 e. The highest BCUT2D eigenvalue weighted by atomic mass is 32.1. The fraction of sp³-hybridized carbons (Fsp3) is 0.692. The van der Waals surface area contributed by atoms with Gasteiger partial charge in [-0.1, -0.05) is 6.92 Å². The van der Waals surface area contributed by atoms with Gasteiger partial charge >= 0.3 is 0 Å². The molecular weight excluding hydrogens is 276 g/mol. The predicted molar refractivity (Wildman–Crippen MR) is 80.0 cm³/mol. The normalized spacial score (nSPS) is 19.8. The summed E-state index contributed by atoms with van der Waals surface area (Å²) < 4.78 is 5.40. The number of carbonyl (C=O) groups is 1. The average molecular weight is 298 g/mol. The molecule has 7 heteroatoms. The highest BCUT2D eigenvalue weighted by Crippen LogP contribution is 2.21. The van der Waals surface area contributed by atoms with E-state index in [0.29, 0.717) is 13.2 Å². The lowest BCUT2D eigenvalue weighted by Crippen LogP contribution is -2.52. The van der Waals surface area contributed by atoms with Gasteiger partial charge in [0.2, 0.25) is 5.91 Å². The molecule has 0 aliphatic carbocycles. The van der Waals surface area contributed by atoms with Crippen LogP contribution in [0.4, 0.5) is 5.13 Å². The number of ether oxygens (including phenoxy) is 1. The maximum atomic E-state index is 11.9. The maximum Gasteiger partial charge on any atom is 0.239 e. The van der Waals surface area contributed by atoms with Crippen molar-refractivity contribution in [3.8, 4) is 0 Å². The number of thiazole rings is 1. The van der Waals surface area contributed by atoms with E-state index in [1.54, 1.807) is 18.4 Å². The molecule has 112 valence electrons. The topological polar surface area (TPSA) is 66.5 Å². The zero-order chi connectivity index (χ0) is 14.4. The first-order valence-corrected chi connectivity index (χ1v) is 7.78.